The molecule has 2 aromatic carbocycles. The predicted octanol–water partition coefficient (Wildman–Crippen LogP) is 3.03. The van der Waals surface area contributed by atoms with Gasteiger partial charge in [0.2, 0.25) is 0 Å². The summed E-state index contributed by atoms with van der Waals surface area (Å²) >= 11 is 6.22. The van der Waals surface area contributed by atoms with E-state index in [0.29, 0.717) is 6.42 Å². The molecule has 0 aliphatic carbocycles. The summed E-state index contributed by atoms with van der Waals surface area (Å²) in [7, 11) is 0. The third-order valence-corrected chi connectivity index (χ3v) is 3.85. The number of fused-ring (bicyclic) bond motifs is 1. The van der Waals surface area contributed by atoms with E-state index >= 15 is 0 Å². The highest BCUT2D eigenvalue weighted by atomic mass is 35.5. The molecule has 3 rings (SSSR count). The lowest BCUT2D eigenvalue weighted by atomic mass is 9.99. The fourth-order valence-electron chi connectivity index (χ4n) is 2.35. The van der Waals surface area contributed by atoms with Gasteiger partial charge in [-0.15, -0.1) is 0 Å². The van der Waals surface area contributed by atoms with Crippen LogP contribution in [0.3, 0.4) is 0 Å². The van der Waals surface area contributed by atoms with Gasteiger partial charge in [0.05, 0.1) is 17.1 Å². The molecule has 106 valence electrons. The van der Waals surface area contributed by atoms with Gasteiger partial charge in [-0.2, -0.15) is 0 Å². The van der Waals surface area contributed by atoms with Crippen LogP contribution >= 0.6 is 11.6 Å². The number of nitrogens with one attached hydrogen (secondary N) is 1. The zero-order chi connectivity index (χ0) is 14.7. The zero-order valence-electron chi connectivity index (χ0n) is 11.3. The maximum Gasteiger partial charge on any atom is 0.0890 e. The minimum atomic E-state index is -0.0312. The fourth-order valence-corrected chi connectivity index (χ4v) is 2.57. The Labute approximate surface area is 128 Å². The summed E-state index contributed by atoms with van der Waals surface area (Å²) in [4.78, 5) is 8.60. The highest BCUT2D eigenvalue weighted by Gasteiger charge is 2.13. The predicted molar refractivity (Wildman–Crippen MR) is 84.8 cm³/mol. The maximum atomic E-state index is 6.22. The Morgan fingerprint density at radius 3 is 2.57 bits per heavy atom. The van der Waals surface area contributed by atoms with Crippen LogP contribution in [0, 0.1) is 0 Å². The number of hydrogen-bond acceptors (Lipinski definition) is 4. The van der Waals surface area contributed by atoms with Crippen molar-refractivity contribution in [2.24, 2.45) is 5.84 Å². The van der Waals surface area contributed by atoms with E-state index in [2.05, 4.69) is 15.4 Å². The average molecular weight is 299 g/mol. The number of hydrazine groups is 1. The van der Waals surface area contributed by atoms with Crippen LogP contribution in [-0.4, -0.2) is 9.97 Å². The Balaban J connectivity index is 1.93. The molecule has 1 heterocycles. The first-order valence-corrected chi connectivity index (χ1v) is 7.06. The van der Waals surface area contributed by atoms with Gasteiger partial charge in [0.1, 0.15) is 0 Å². The van der Waals surface area contributed by atoms with Crippen LogP contribution in [0.15, 0.2) is 54.9 Å². The molecule has 0 spiro atoms. The second kappa shape index (κ2) is 6.18. The molecule has 0 saturated carbocycles. The van der Waals surface area contributed by atoms with Crippen LogP contribution in [0.5, 0.6) is 0 Å². The third-order valence-electron chi connectivity index (χ3n) is 3.48. The minimum absolute atomic E-state index is 0.0312. The van der Waals surface area contributed by atoms with Crippen molar-refractivity contribution in [1.29, 1.82) is 0 Å². The summed E-state index contributed by atoms with van der Waals surface area (Å²) < 4.78 is 0. The first-order valence-electron chi connectivity index (χ1n) is 6.68. The highest BCUT2D eigenvalue weighted by Crippen LogP contribution is 2.24. The van der Waals surface area contributed by atoms with E-state index in [-0.39, 0.29) is 6.04 Å². The molecular formula is C16H15ClN4. The molecule has 0 aliphatic heterocycles. The topological polar surface area (TPSA) is 63.8 Å². The van der Waals surface area contributed by atoms with Gasteiger partial charge < -0.3 is 0 Å². The number of nitrogens with two attached hydrogens (primary N) is 1. The second-order valence-corrected chi connectivity index (χ2v) is 5.23. The quantitative estimate of drug-likeness (QED) is 0.574. The van der Waals surface area contributed by atoms with E-state index in [0.717, 1.165) is 27.2 Å². The molecule has 0 bridgehead atoms. The molecule has 4 nitrogen and oxygen atoms in total. The number of benzene rings is 2. The van der Waals surface area contributed by atoms with Crippen LogP contribution in [-0.2, 0) is 6.42 Å². The van der Waals surface area contributed by atoms with Gasteiger partial charge in [-0.3, -0.25) is 21.2 Å². The summed E-state index contributed by atoms with van der Waals surface area (Å²) in [5, 5.41) is 0.748. The van der Waals surface area contributed by atoms with Crippen molar-refractivity contribution in [3.8, 4) is 0 Å². The van der Waals surface area contributed by atoms with Crippen LogP contribution in [0.2, 0.25) is 5.02 Å². The molecule has 3 N–H and O–H groups in total. The molecule has 1 atom stereocenters. The molecular weight excluding hydrogens is 284 g/mol. The summed E-state index contributed by atoms with van der Waals surface area (Å²) in [6.45, 7) is 0. The lowest BCUT2D eigenvalue weighted by molar-refractivity contribution is 0.552. The van der Waals surface area contributed by atoms with Crippen molar-refractivity contribution in [3.05, 3.63) is 71.0 Å². The lowest BCUT2D eigenvalue weighted by Gasteiger charge is -2.17. The van der Waals surface area contributed by atoms with Crippen molar-refractivity contribution >= 4 is 22.6 Å². The lowest BCUT2D eigenvalue weighted by Crippen LogP contribution is -2.29. The van der Waals surface area contributed by atoms with Crippen LogP contribution < -0.4 is 11.3 Å². The van der Waals surface area contributed by atoms with Crippen LogP contribution in [0.25, 0.3) is 11.0 Å². The fraction of sp³-hybridized carbons (Fsp3) is 0.125. The Hall–Kier alpha value is -2.01. The van der Waals surface area contributed by atoms with Gasteiger partial charge in [-0.05, 0) is 35.7 Å². The SMILES string of the molecule is NNC(Cc1ccccc1Cl)c1ccc2nccnc2c1. The molecule has 0 radical (unpaired) electrons. The Bertz CT molecular complexity index is 760. The normalized spacial score (nSPS) is 12.5. The van der Waals surface area contributed by atoms with E-state index in [9.17, 15) is 0 Å². The molecule has 0 aliphatic rings. The van der Waals surface area contributed by atoms with Crippen molar-refractivity contribution in [2.45, 2.75) is 12.5 Å². The van der Waals surface area contributed by atoms with Crippen molar-refractivity contribution in [3.63, 3.8) is 0 Å². The van der Waals surface area contributed by atoms with Gasteiger partial charge in [0, 0.05) is 17.4 Å². The molecule has 0 amide bonds. The first-order chi connectivity index (χ1) is 10.3. The van der Waals surface area contributed by atoms with E-state index in [1.165, 1.54) is 0 Å². The molecule has 3 aromatic rings. The monoisotopic (exact) mass is 298 g/mol. The smallest absolute Gasteiger partial charge is 0.0890 e. The van der Waals surface area contributed by atoms with Gasteiger partial charge in [-0.25, -0.2) is 0 Å². The first kappa shape index (κ1) is 13.9. The minimum Gasteiger partial charge on any atom is -0.271 e. The Kier molecular flexibility index (Phi) is 4.10. The van der Waals surface area contributed by atoms with E-state index < -0.39 is 0 Å². The summed E-state index contributed by atoms with van der Waals surface area (Å²) in [5.41, 5.74) is 6.70. The Morgan fingerprint density at radius 1 is 1.05 bits per heavy atom. The number of halogens is 1. The summed E-state index contributed by atoms with van der Waals surface area (Å²) in [6, 6.07) is 13.7. The van der Waals surface area contributed by atoms with Crippen molar-refractivity contribution in [1.82, 2.24) is 15.4 Å². The van der Waals surface area contributed by atoms with E-state index in [1.54, 1.807) is 12.4 Å². The maximum absolute atomic E-state index is 6.22. The molecule has 0 fully saturated rings. The molecule has 21 heavy (non-hydrogen) atoms. The standard InChI is InChI=1S/C16H15ClN4/c17-13-4-2-1-3-11(13)9-15(21-18)12-5-6-14-16(10-12)20-8-7-19-14/h1-8,10,15,21H,9,18H2. The molecule has 0 saturated heterocycles. The average Bonchev–Trinajstić information content (AvgIpc) is 2.54. The van der Waals surface area contributed by atoms with Crippen molar-refractivity contribution < 1.29 is 0 Å². The third kappa shape index (κ3) is 3.03. The zero-order valence-corrected chi connectivity index (χ0v) is 12.1. The van der Waals surface area contributed by atoms with Crippen molar-refractivity contribution in [2.75, 3.05) is 0 Å². The van der Waals surface area contributed by atoms with E-state index in [4.69, 9.17) is 17.4 Å². The summed E-state index contributed by atoms with van der Waals surface area (Å²) in [5.74, 6) is 5.72. The van der Waals surface area contributed by atoms with E-state index in [1.807, 2.05) is 42.5 Å². The number of aromatic nitrogens is 2. The molecule has 5 heteroatoms. The van der Waals surface area contributed by atoms with Gasteiger partial charge >= 0.3 is 0 Å². The second-order valence-electron chi connectivity index (χ2n) is 4.82. The molecule has 1 aromatic heterocycles. The largest absolute Gasteiger partial charge is 0.271 e. The number of hydrogen-bond donors (Lipinski definition) is 2. The number of rotatable bonds is 4. The number of nitrogens with zero attached hydrogens (tertiary/aromatic N) is 2. The van der Waals surface area contributed by atoms with Crippen LogP contribution in [0.4, 0.5) is 0 Å². The molecule has 1 unspecified atom stereocenters. The van der Waals surface area contributed by atoms with Crippen LogP contribution in [0.1, 0.15) is 17.2 Å². The highest BCUT2D eigenvalue weighted by molar-refractivity contribution is 6.31. The summed E-state index contributed by atoms with van der Waals surface area (Å²) in [6.07, 6.45) is 4.08. The van der Waals surface area contributed by atoms with Gasteiger partial charge in [0.25, 0.3) is 0 Å². The van der Waals surface area contributed by atoms with Gasteiger partial charge in [-0.1, -0.05) is 35.9 Å². The van der Waals surface area contributed by atoms with Gasteiger partial charge in [0.15, 0.2) is 0 Å². The Morgan fingerprint density at radius 2 is 1.81 bits per heavy atom.